The van der Waals surface area contributed by atoms with Crippen LogP contribution in [0.3, 0.4) is 0 Å². The van der Waals surface area contributed by atoms with E-state index < -0.39 is 11.6 Å². The Hall–Kier alpha value is -3.88. The number of ether oxygens (including phenoxy) is 2. The van der Waals surface area contributed by atoms with Crippen molar-refractivity contribution in [2.45, 2.75) is 25.8 Å². The molecule has 1 saturated heterocycles. The average Bonchev–Trinajstić information content (AvgIpc) is 3.37. The van der Waals surface area contributed by atoms with Gasteiger partial charge in [0.1, 0.15) is 30.7 Å². The molecule has 2 aliphatic heterocycles. The summed E-state index contributed by atoms with van der Waals surface area (Å²) in [5.41, 5.74) is 1.87. The molecule has 0 aliphatic carbocycles. The number of carbonyl (C=O) groups excluding carboxylic acids is 1. The van der Waals surface area contributed by atoms with Crippen molar-refractivity contribution >= 4 is 23.2 Å². The number of aromatic nitrogens is 1. The molecule has 2 aromatic carbocycles. The summed E-state index contributed by atoms with van der Waals surface area (Å²) in [6.45, 7) is 3.31. The van der Waals surface area contributed by atoms with Crippen LogP contribution < -0.4 is 25.0 Å². The van der Waals surface area contributed by atoms with Gasteiger partial charge in [0.2, 0.25) is 5.91 Å². The maximum Gasteiger partial charge on any atom is 0.228 e. The third-order valence-electron chi connectivity index (χ3n) is 5.92. The number of rotatable bonds is 7. The van der Waals surface area contributed by atoms with E-state index >= 15 is 0 Å². The highest BCUT2D eigenvalue weighted by Crippen LogP contribution is 2.32. The summed E-state index contributed by atoms with van der Waals surface area (Å²) in [6.07, 6.45) is 1.96. The second-order valence-corrected chi connectivity index (χ2v) is 8.60. The summed E-state index contributed by atoms with van der Waals surface area (Å²) < 4.78 is 38.2. The summed E-state index contributed by atoms with van der Waals surface area (Å²) in [5.74, 6) is 1.05. The van der Waals surface area contributed by atoms with Gasteiger partial charge in [0.15, 0.2) is 17.3 Å². The van der Waals surface area contributed by atoms with Crippen molar-refractivity contribution in [3.63, 3.8) is 0 Å². The van der Waals surface area contributed by atoms with Gasteiger partial charge in [-0.05, 0) is 60.4 Å². The molecule has 0 atom stereocenters. The fraction of sp³-hybridized carbons (Fsp3) is 0.308. The standard InChI is InChI=1S/C26H26F2N4O3/c27-19-11-18(12-20(28)15-19)14-25(33)30-21-4-6-24(31-26(21)32-7-1-2-8-32)29-16-17-3-5-22-23(13-17)35-10-9-34-22/h3-6,11-13,15H,1-2,7-10,14,16H2,(H,29,31)(H,30,33). The number of amides is 1. The number of anilines is 3. The summed E-state index contributed by atoms with van der Waals surface area (Å²) in [4.78, 5) is 19.5. The van der Waals surface area contributed by atoms with Crippen LogP contribution in [0.2, 0.25) is 0 Å². The highest BCUT2D eigenvalue weighted by Gasteiger charge is 2.20. The molecule has 0 unspecified atom stereocenters. The summed E-state index contributed by atoms with van der Waals surface area (Å²) in [5, 5.41) is 6.20. The second kappa shape index (κ2) is 10.2. The number of nitrogens with one attached hydrogen (secondary N) is 2. The molecule has 0 bridgehead atoms. The van der Waals surface area contributed by atoms with E-state index in [0.29, 0.717) is 37.1 Å². The average molecular weight is 481 g/mol. The Labute approximate surface area is 202 Å². The molecule has 1 aromatic heterocycles. The van der Waals surface area contributed by atoms with Crippen molar-refractivity contribution in [1.29, 1.82) is 0 Å². The minimum absolute atomic E-state index is 0.141. The maximum atomic E-state index is 13.5. The molecular formula is C26H26F2N4O3. The first-order valence-corrected chi connectivity index (χ1v) is 11.7. The van der Waals surface area contributed by atoms with E-state index in [9.17, 15) is 13.6 Å². The first-order chi connectivity index (χ1) is 17.0. The Morgan fingerprint density at radius 3 is 2.43 bits per heavy atom. The first-order valence-electron chi connectivity index (χ1n) is 11.7. The quantitative estimate of drug-likeness (QED) is 0.518. The van der Waals surface area contributed by atoms with Gasteiger partial charge < -0.3 is 25.0 Å². The van der Waals surface area contributed by atoms with Crippen LogP contribution in [0.1, 0.15) is 24.0 Å². The monoisotopic (exact) mass is 480 g/mol. The molecule has 182 valence electrons. The normalized spacial score (nSPS) is 14.6. The number of benzene rings is 2. The zero-order valence-corrected chi connectivity index (χ0v) is 19.2. The van der Waals surface area contributed by atoms with E-state index in [2.05, 4.69) is 15.5 Å². The van der Waals surface area contributed by atoms with Gasteiger partial charge >= 0.3 is 0 Å². The van der Waals surface area contributed by atoms with Gasteiger partial charge in [-0.2, -0.15) is 0 Å². The largest absolute Gasteiger partial charge is 0.486 e. The highest BCUT2D eigenvalue weighted by molar-refractivity contribution is 5.95. The number of hydrogen-bond donors (Lipinski definition) is 2. The van der Waals surface area contributed by atoms with Gasteiger partial charge in [-0.1, -0.05) is 6.07 Å². The number of hydrogen-bond acceptors (Lipinski definition) is 6. The molecule has 3 aromatic rings. The predicted octanol–water partition coefficient (Wildman–Crippen LogP) is 4.52. The van der Waals surface area contributed by atoms with E-state index in [1.54, 1.807) is 12.1 Å². The van der Waals surface area contributed by atoms with Crippen LogP contribution in [0, 0.1) is 11.6 Å². The van der Waals surface area contributed by atoms with E-state index in [1.165, 1.54) is 0 Å². The third kappa shape index (κ3) is 5.62. The fourth-order valence-electron chi connectivity index (χ4n) is 4.30. The Balaban J connectivity index is 1.30. The number of carbonyl (C=O) groups is 1. The molecule has 35 heavy (non-hydrogen) atoms. The molecule has 0 radical (unpaired) electrons. The predicted molar refractivity (Wildman–Crippen MR) is 129 cm³/mol. The zero-order valence-electron chi connectivity index (χ0n) is 19.2. The Morgan fingerprint density at radius 2 is 1.66 bits per heavy atom. The minimum Gasteiger partial charge on any atom is -0.486 e. The van der Waals surface area contributed by atoms with Gasteiger partial charge in [-0.3, -0.25) is 4.79 Å². The Morgan fingerprint density at radius 1 is 0.914 bits per heavy atom. The molecule has 2 aliphatic rings. The molecule has 2 N–H and O–H groups in total. The number of nitrogens with zero attached hydrogens (tertiary/aromatic N) is 2. The van der Waals surface area contributed by atoms with E-state index in [1.807, 2.05) is 18.2 Å². The van der Waals surface area contributed by atoms with Gasteiger partial charge in [0, 0.05) is 25.7 Å². The summed E-state index contributed by atoms with van der Waals surface area (Å²) in [7, 11) is 0. The van der Waals surface area contributed by atoms with Crippen molar-refractivity contribution in [2.75, 3.05) is 41.8 Å². The zero-order chi connectivity index (χ0) is 24.2. The van der Waals surface area contributed by atoms with Crippen LogP contribution in [0.4, 0.5) is 26.1 Å². The maximum absolute atomic E-state index is 13.5. The van der Waals surface area contributed by atoms with Crippen LogP contribution in [-0.4, -0.2) is 37.2 Å². The molecule has 9 heteroatoms. The lowest BCUT2D eigenvalue weighted by Crippen LogP contribution is -2.23. The molecule has 0 saturated carbocycles. The van der Waals surface area contributed by atoms with Crippen molar-refractivity contribution in [3.8, 4) is 11.5 Å². The minimum atomic E-state index is -0.708. The lowest BCUT2D eigenvalue weighted by molar-refractivity contribution is -0.115. The van der Waals surface area contributed by atoms with Crippen LogP contribution in [0.5, 0.6) is 11.5 Å². The van der Waals surface area contributed by atoms with Gasteiger partial charge in [0.25, 0.3) is 0 Å². The molecular weight excluding hydrogens is 454 g/mol. The summed E-state index contributed by atoms with van der Waals surface area (Å²) >= 11 is 0. The number of fused-ring (bicyclic) bond motifs is 1. The van der Waals surface area contributed by atoms with Gasteiger partial charge in [-0.25, -0.2) is 13.8 Å². The topological polar surface area (TPSA) is 75.7 Å². The molecule has 1 amide bonds. The van der Waals surface area contributed by atoms with Gasteiger partial charge in [0.05, 0.1) is 12.1 Å². The number of pyridine rings is 1. The number of halogens is 2. The molecule has 1 fully saturated rings. The smallest absolute Gasteiger partial charge is 0.228 e. The highest BCUT2D eigenvalue weighted by atomic mass is 19.1. The SMILES string of the molecule is O=C(Cc1cc(F)cc(F)c1)Nc1ccc(NCc2ccc3c(c2)OCCO3)nc1N1CCCC1. The van der Waals surface area contributed by atoms with Crippen molar-refractivity contribution < 1.29 is 23.0 Å². The van der Waals surface area contributed by atoms with Crippen LogP contribution in [0.15, 0.2) is 48.5 Å². The van der Waals surface area contributed by atoms with Crippen molar-refractivity contribution in [2.24, 2.45) is 0 Å². The lowest BCUT2D eigenvalue weighted by atomic mass is 10.1. The Bertz CT molecular complexity index is 1210. The lowest BCUT2D eigenvalue weighted by Gasteiger charge is -2.22. The van der Waals surface area contributed by atoms with Crippen LogP contribution >= 0.6 is 0 Å². The van der Waals surface area contributed by atoms with Crippen molar-refractivity contribution in [3.05, 3.63) is 71.3 Å². The van der Waals surface area contributed by atoms with Crippen molar-refractivity contribution in [1.82, 2.24) is 4.98 Å². The van der Waals surface area contributed by atoms with Crippen LogP contribution in [-0.2, 0) is 17.8 Å². The third-order valence-corrected chi connectivity index (χ3v) is 5.92. The molecule has 7 nitrogen and oxygen atoms in total. The van der Waals surface area contributed by atoms with Crippen LogP contribution in [0.25, 0.3) is 0 Å². The fourth-order valence-corrected chi connectivity index (χ4v) is 4.30. The van der Waals surface area contributed by atoms with Gasteiger partial charge in [-0.15, -0.1) is 0 Å². The van der Waals surface area contributed by atoms with E-state index in [4.69, 9.17) is 14.5 Å². The Kier molecular flexibility index (Phi) is 6.65. The molecule has 0 spiro atoms. The molecule has 5 rings (SSSR count). The van der Waals surface area contributed by atoms with E-state index in [-0.39, 0.29) is 17.9 Å². The first kappa shape index (κ1) is 22.9. The summed E-state index contributed by atoms with van der Waals surface area (Å²) in [6, 6.07) is 12.5. The van der Waals surface area contributed by atoms with E-state index in [0.717, 1.165) is 61.2 Å². The molecule has 3 heterocycles. The second-order valence-electron chi connectivity index (χ2n) is 8.60.